The van der Waals surface area contributed by atoms with Gasteiger partial charge in [0, 0.05) is 36.0 Å². The summed E-state index contributed by atoms with van der Waals surface area (Å²) in [5.41, 5.74) is 2.00. The summed E-state index contributed by atoms with van der Waals surface area (Å²) in [6, 6.07) is 10.5. The fraction of sp³-hybridized carbons (Fsp3) is 0.409. The molecular weight excluding hydrogens is 384 g/mol. The summed E-state index contributed by atoms with van der Waals surface area (Å²) in [7, 11) is 1.57. The molecule has 2 bridgehead atoms. The van der Waals surface area contributed by atoms with E-state index in [1.165, 1.54) is 38.2 Å². The van der Waals surface area contributed by atoms with Crippen molar-refractivity contribution in [2.24, 2.45) is 0 Å². The number of benzene rings is 1. The maximum absolute atomic E-state index is 11.3. The summed E-state index contributed by atoms with van der Waals surface area (Å²) < 4.78 is 0. The lowest BCUT2D eigenvalue weighted by Gasteiger charge is -2.39. The van der Waals surface area contributed by atoms with Crippen molar-refractivity contribution >= 4 is 23.7 Å². The molecule has 7 heteroatoms. The van der Waals surface area contributed by atoms with Crippen molar-refractivity contribution < 1.29 is 9.90 Å². The molecule has 6 nitrogen and oxygen atoms in total. The second-order valence-corrected chi connectivity index (χ2v) is 9.00. The Morgan fingerprint density at radius 1 is 1.21 bits per heavy atom. The summed E-state index contributed by atoms with van der Waals surface area (Å²) in [6.07, 6.45) is 9.37. The third-order valence-electron chi connectivity index (χ3n) is 5.57. The summed E-state index contributed by atoms with van der Waals surface area (Å²) in [4.78, 5) is 11.3. The molecule has 3 heterocycles. The summed E-state index contributed by atoms with van der Waals surface area (Å²) in [5.74, 6) is -0.0742. The molecule has 152 valence electrons. The number of piperidine rings is 2. The standard InChI is InChI=1S/C22H26N4O2S/c1-23-21(28)9-6-14-5-7-18(20(27)11-14)19-8-10-22(26-25-19)29-17-12-15-3-2-4-16(13-17)24-15/h5-11,15-17,24,27H,2-4,12-13H2,1H3,(H,23,28)/b9-6+/t15-,16+,17+. The Morgan fingerprint density at radius 2 is 2.00 bits per heavy atom. The van der Waals surface area contributed by atoms with E-state index in [2.05, 4.69) is 20.8 Å². The van der Waals surface area contributed by atoms with Crippen LogP contribution in [0.15, 0.2) is 41.4 Å². The average molecular weight is 411 g/mol. The van der Waals surface area contributed by atoms with Crippen molar-refractivity contribution in [3.05, 3.63) is 42.0 Å². The predicted octanol–water partition coefficient (Wildman–Crippen LogP) is 3.37. The molecule has 3 atom stereocenters. The number of phenols is 1. The molecule has 0 saturated carbocycles. The third kappa shape index (κ3) is 4.97. The van der Waals surface area contributed by atoms with Gasteiger partial charge in [-0.15, -0.1) is 22.0 Å². The number of nitrogens with one attached hydrogen (secondary N) is 2. The van der Waals surface area contributed by atoms with Crippen LogP contribution in [0.1, 0.15) is 37.7 Å². The van der Waals surface area contributed by atoms with E-state index < -0.39 is 0 Å². The number of amides is 1. The van der Waals surface area contributed by atoms with Gasteiger partial charge in [-0.3, -0.25) is 4.79 Å². The molecule has 2 aliphatic rings. The number of thioether (sulfide) groups is 1. The Bertz CT molecular complexity index is 888. The highest BCUT2D eigenvalue weighted by Gasteiger charge is 2.31. The zero-order chi connectivity index (χ0) is 20.2. The van der Waals surface area contributed by atoms with Crippen molar-refractivity contribution in [2.75, 3.05) is 7.05 Å². The molecule has 2 aromatic rings. The van der Waals surface area contributed by atoms with Gasteiger partial charge in [0.25, 0.3) is 0 Å². The van der Waals surface area contributed by atoms with E-state index in [4.69, 9.17) is 0 Å². The molecule has 0 spiro atoms. The Hall–Kier alpha value is -2.38. The highest BCUT2D eigenvalue weighted by molar-refractivity contribution is 7.99. The fourth-order valence-corrected chi connectivity index (χ4v) is 5.36. The third-order valence-corrected chi connectivity index (χ3v) is 6.75. The number of nitrogens with zero attached hydrogens (tertiary/aromatic N) is 2. The Morgan fingerprint density at radius 3 is 2.66 bits per heavy atom. The number of likely N-dealkylation sites (N-methyl/N-ethyl adjacent to an activating group) is 1. The number of hydrogen-bond donors (Lipinski definition) is 3. The van der Waals surface area contributed by atoms with Crippen molar-refractivity contribution in [2.45, 2.75) is 54.5 Å². The van der Waals surface area contributed by atoms with Crippen LogP contribution in [0.5, 0.6) is 5.75 Å². The number of phenolic OH excluding ortho intramolecular Hbond substituents is 1. The summed E-state index contributed by atoms with van der Waals surface area (Å²) >= 11 is 1.82. The van der Waals surface area contributed by atoms with Crippen molar-refractivity contribution in [1.82, 2.24) is 20.8 Å². The highest BCUT2D eigenvalue weighted by atomic mass is 32.2. The first kappa shape index (κ1) is 19.9. The number of carbonyl (C=O) groups is 1. The minimum Gasteiger partial charge on any atom is -0.507 e. The van der Waals surface area contributed by atoms with Gasteiger partial charge in [-0.25, -0.2) is 0 Å². The number of aromatic hydroxyl groups is 1. The monoisotopic (exact) mass is 410 g/mol. The Balaban J connectivity index is 1.42. The van der Waals surface area contributed by atoms with E-state index in [1.54, 1.807) is 25.3 Å². The number of fused-ring (bicyclic) bond motifs is 2. The van der Waals surface area contributed by atoms with E-state index in [0.29, 0.717) is 28.6 Å². The Kier molecular flexibility index (Phi) is 6.16. The predicted molar refractivity (Wildman–Crippen MR) is 116 cm³/mol. The fourth-order valence-electron chi connectivity index (χ4n) is 4.13. The van der Waals surface area contributed by atoms with Crippen LogP contribution < -0.4 is 10.6 Å². The second-order valence-electron chi connectivity index (χ2n) is 7.68. The van der Waals surface area contributed by atoms with Crippen LogP contribution in [0, 0.1) is 0 Å². The smallest absolute Gasteiger partial charge is 0.243 e. The van der Waals surface area contributed by atoms with Gasteiger partial charge in [0.2, 0.25) is 5.91 Å². The van der Waals surface area contributed by atoms with Crippen LogP contribution in [0.25, 0.3) is 17.3 Å². The largest absolute Gasteiger partial charge is 0.507 e. The average Bonchev–Trinajstić information content (AvgIpc) is 2.72. The van der Waals surface area contributed by atoms with Gasteiger partial charge in [0.15, 0.2) is 0 Å². The molecule has 3 N–H and O–H groups in total. The highest BCUT2D eigenvalue weighted by Crippen LogP contribution is 2.36. The number of rotatable bonds is 5. The van der Waals surface area contributed by atoms with Crippen LogP contribution in [0.3, 0.4) is 0 Å². The molecule has 2 aliphatic heterocycles. The minimum atomic E-state index is -0.190. The van der Waals surface area contributed by atoms with Crippen LogP contribution >= 0.6 is 11.8 Å². The SMILES string of the molecule is CNC(=O)/C=C/c1ccc(-c2ccc(S[C@H]3C[C@H]4CCC[C@@H](C3)N4)nn2)c(O)c1. The molecule has 29 heavy (non-hydrogen) atoms. The number of hydrogen-bond acceptors (Lipinski definition) is 6. The first-order valence-electron chi connectivity index (χ1n) is 10.1. The van der Waals surface area contributed by atoms with Gasteiger partial charge in [-0.05, 0) is 61.6 Å². The summed E-state index contributed by atoms with van der Waals surface area (Å²) in [5, 5.41) is 26.9. The first-order valence-corrected chi connectivity index (χ1v) is 11.0. The first-order chi connectivity index (χ1) is 14.1. The second kappa shape index (κ2) is 8.97. The molecule has 2 fully saturated rings. The van der Waals surface area contributed by atoms with Crippen LogP contribution in [0.2, 0.25) is 0 Å². The topological polar surface area (TPSA) is 87.1 Å². The number of carbonyl (C=O) groups excluding carboxylic acids is 1. The quantitative estimate of drug-likeness (QED) is 0.655. The van der Waals surface area contributed by atoms with Crippen molar-refractivity contribution in [1.29, 1.82) is 0 Å². The minimum absolute atomic E-state index is 0.116. The van der Waals surface area contributed by atoms with E-state index >= 15 is 0 Å². The molecule has 0 aliphatic carbocycles. The molecule has 0 radical (unpaired) electrons. The Labute approximate surface area is 175 Å². The summed E-state index contributed by atoms with van der Waals surface area (Å²) in [6.45, 7) is 0. The van der Waals surface area contributed by atoms with Crippen molar-refractivity contribution in [3.8, 4) is 17.0 Å². The van der Waals surface area contributed by atoms with E-state index in [9.17, 15) is 9.90 Å². The lowest BCUT2D eigenvalue weighted by molar-refractivity contribution is -0.115. The van der Waals surface area contributed by atoms with Gasteiger partial charge in [0.05, 0.1) is 5.69 Å². The number of aromatic nitrogens is 2. The molecule has 0 unspecified atom stereocenters. The maximum atomic E-state index is 11.3. The van der Waals surface area contributed by atoms with Gasteiger partial charge in [-0.1, -0.05) is 12.5 Å². The molecule has 1 aromatic carbocycles. The normalized spacial score (nSPS) is 23.8. The van der Waals surface area contributed by atoms with Gasteiger partial charge < -0.3 is 15.7 Å². The molecular formula is C22H26N4O2S. The van der Waals surface area contributed by atoms with Gasteiger partial charge in [-0.2, -0.15) is 0 Å². The zero-order valence-corrected chi connectivity index (χ0v) is 17.3. The van der Waals surface area contributed by atoms with E-state index in [-0.39, 0.29) is 11.7 Å². The lowest BCUT2D eigenvalue weighted by atomic mass is 9.87. The molecule has 1 amide bonds. The van der Waals surface area contributed by atoms with Gasteiger partial charge >= 0.3 is 0 Å². The van der Waals surface area contributed by atoms with E-state index in [1.807, 2.05) is 30.0 Å². The molecule has 2 saturated heterocycles. The van der Waals surface area contributed by atoms with Crippen LogP contribution in [0.4, 0.5) is 0 Å². The van der Waals surface area contributed by atoms with Crippen LogP contribution in [-0.2, 0) is 4.79 Å². The zero-order valence-electron chi connectivity index (χ0n) is 16.5. The maximum Gasteiger partial charge on any atom is 0.243 e. The molecule has 4 rings (SSSR count). The van der Waals surface area contributed by atoms with Gasteiger partial charge in [0.1, 0.15) is 10.8 Å². The van der Waals surface area contributed by atoms with Crippen molar-refractivity contribution in [3.63, 3.8) is 0 Å². The lowest BCUT2D eigenvalue weighted by Crippen LogP contribution is -2.49. The molecule has 1 aromatic heterocycles. The van der Waals surface area contributed by atoms with E-state index in [0.717, 1.165) is 10.6 Å². The van der Waals surface area contributed by atoms with Crippen LogP contribution in [-0.4, -0.2) is 45.6 Å².